The third kappa shape index (κ3) is 3.83. The van der Waals surface area contributed by atoms with Crippen LogP contribution in [0, 0.1) is 5.92 Å². The Labute approximate surface area is 112 Å². The first-order valence-corrected chi connectivity index (χ1v) is 7.87. The summed E-state index contributed by atoms with van der Waals surface area (Å²) in [6, 6.07) is 0.642. The van der Waals surface area contributed by atoms with Crippen molar-refractivity contribution >= 4 is 0 Å². The minimum absolute atomic E-state index is 0.558. The Hall–Kier alpha value is -0.340. The molecular weight excluding hydrogens is 222 g/mol. The molecular formula is C16H29NO. The standard InChI is InChI=1S/C16H29NO/c1-3-17-16(14-8-6-5-7-9-14)12-13-10-15(11-13)18-4-2/h8,13,15-17H,3-7,9-12H2,1-2H3. The molecule has 0 radical (unpaired) electrons. The molecule has 1 N–H and O–H groups in total. The van der Waals surface area contributed by atoms with Crippen LogP contribution < -0.4 is 5.32 Å². The number of ether oxygens (including phenoxy) is 1. The first-order chi connectivity index (χ1) is 8.83. The van der Waals surface area contributed by atoms with Crippen molar-refractivity contribution in [3.05, 3.63) is 11.6 Å². The summed E-state index contributed by atoms with van der Waals surface area (Å²) in [6.07, 6.45) is 12.3. The highest BCUT2D eigenvalue weighted by molar-refractivity contribution is 5.14. The van der Waals surface area contributed by atoms with Crippen molar-refractivity contribution in [3.63, 3.8) is 0 Å². The van der Waals surface area contributed by atoms with E-state index in [9.17, 15) is 0 Å². The molecule has 104 valence electrons. The predicted octanol–water partition coefficient (Wildman–Crippen LogP) is 3.67. The second kappa shape index (κ2) is 7.30. The molecule has 1 fully saturated rings. The van der Waals surface area contributed by atoms with E-state index in [2.05, 4.69) is 25.2 Å². The number of allylic oxidation sites excluding steroid dienone is 1. The minimum atomic E-state index is 0.558. The first-order valence-electron chi connectivity index (χ1n) is 7.87. The van der Waals surface area contributed by atoms with E-state index >= 15 is 0 Å². The van der Waals surface area contributed by atoms with E-state index in [0.29, 0.717) is 12.1 Å². The number of likely N-dealkylation sites (N-methyl/N-ethyl adjacent to an activating group) is 1. The van der Waals surface area contributed by atoms with Crippen LogP contribution >= 0.6 is 0 Å². The molecule has 0 saturated heterocycles. The van der Waals surface area contributed by atoms with Crippen molar-refractivity contribution in [2.45, 2.75) is 70.9 Å². The Morgan fingerprint density at radius 3 is 2.78 bits per heavy atom. The molecule has 0 bridgehead atoms. The zero-order chi connectivity index (χ0) is 12.8. The highest BCUT2D eigenvalue weighted by Gasteiger charge is 2.32. The second-order valence-electron chi connectivity index (χ2n) is 5.79. The molecule has 0 spiro atoms. The summed E-state index contributed by atoms with van der Waals surface area (Å²) in [5, 5.41) is 3.69. The molecule has 2 nitrogen and oxygen atoms in total. The van der Waals surface area contributed by atoms with Gasteiger partial charge < -0.3 is 10.1 Å². The van der Waals surface area contributed by atoms with Gasteiger partial charge in [0.1, 0.15) is 0 Å². The average molecular weight is 251 g/mol. The van der Waals surface area contributed by atoms with Gasteiger partial charge in [-0.25, -0.2) is 0 Å². The SMILES string of the molecule is CCNC(CC1CC(OCC)C1)C1=CCCCC1. The van der Waals surface area contributed by atoms with Gasteiger partial charge in [0.25, 0.3) is 0 Å². The van der Waals surface area contributed by atoms with E-state index in [1.54, 1.807) is 5.57 Å². The van der Waals surface area contributed by atoms with Gasteiger partial charge in [0, 0.05) is 12.6 Å². The zero-order valence-corrected chi connectivity index (χ0v) is 12.1. The normalized spacial score (nSPS) is 29.6. The fraction of sp³-hybridized carbons (Fsp3) is 0.875. The molecule has 2 rings (SSSR count). The van der Waals surface area contributed by atoms with Crippen LogP contribution in [0.1, 0.15) is 58.8 Å². The highest BCUT2D eigenvalue weighted by atomic mass is 16.5. The van der Waals surface area contributed by atoms with Gasteiger partial charge in [-0.15, -0.1) is 0 Å². The molecule has 0 aliphatic heterocycles. The van der Waals surface area contributed by atoms with E-state index in [-0.39, 0.29) is 0 Å². The molecule has 0 aromatic heterocycles. The van der Waals surface area contributed by atoms with Crippen LogP contribution in [-0.4, -0.2) is 25.3 Å². The van der Waals surface area contributed by atoms with Crippen LogP contribution in [0.25, 0.3) is 0 Å². The summed E-state index contributed by atoms with van der Waals surface area (Å²) in [7, 11) is 0. The molecule has 0 aromatic carbocycles. The maximum atomic E-state index is 5.66. The second-order valence-corrected chi connectivity index (χ2v) is 5.79. The molecule has 1 atom stereocenters. The maximum Gasteiger partial charge on any atom is 0.0580 e. The summed E-state index contributed by atoms with van der Waals surface area (Å²) in [5.74, 6) is 0.883. The van der Waals surface area contributed by atoms with Crippen LogP contribution in [0.3, 0.4) is 0 Å². The van der Waals surface area contributed by atoms with Crippen molar-refractivity contribution in [1.29, 1.82) is 0 Å². The Morgan fingerprint density at radius 2 is 2.17 bits per heavy atom. The molecule has 2 heteroatoms. The summed E-state index contributed by atoms with van der Waals surface area (Å²) >= 11 is 0. The van der Waals surface area contributed by atoms with Gasteiger partial charge in [-0.2, -0.15) is 0 Å². The van der Waals surface area contributed by atoms with Gasteiger partial charge in [0.15, 0.2) is 0 Å². The average Bonchev–Trinajstić information content (AvgIpc) is 2.36. The Balaban J connectivity index is 1.78. The summed E-state index contributed by atoms with van der Waals surface area (Å²) in [6.45, 7) is 6.28. The predicted molar refractivity (Wildman–Crippen MR) is 76.8 cm³/mol. The van der Waals surface area contributed by atoms with Crippen molar-refractivity contribution < 1.29 is 4.74 Å². The molecule has 2 aliphatic rings. The lowest BCUT2D eigenvalue weighted by atomic mass is 9.76. The van der Waals surface area contributed by atoms with Gasteiger partial charge in [-0.05, 0) is 64.3 Å². The van der Waals surface area contributed by atoms with Crippen molar-refractivity contribution in [2.24, 2.45) is 5.92 Å². The van der Waals surface area contributed by atoms with Crippen LogP contribution in [0.15, 0.2) is 11.6 Å². The lowest BCUT2D eigenvalue weighted by Crippen LogP contribution is -2.39. The molecule has 2 aliphatic carbocycles. The fourth-order valence-electron chi connectivity index (χ4n) is 3.36. The quantitative estimate of drug-likeness (QED) is 0.697. The Bertz CT molecular complexity index is 268. The fourth-order valence-corrected chi connectivity index (χ4v) is 3.36. The zero-order valence-electron chi connectivity index (χ0n) is 12.1. The number of hydrogen-bond donors (Lipinski definition) is 1. The minimum Gasteiger partial charge on any atom is -0.378 e. The maximum absolute atomic E-state index is 5.66. The van der Waals surface area contributed by atoms with E-state index in [1.807, 2.05) is 0 Å². The molecule has 1 saturated carbocycles. The van der Waals surface area contributed by atoms with Crippen molar-refractivity contribution in [1.82, 2.24) is 5.32 Å². The van der Waals surface area contributed by atoms with E-state index in [1.165, 1.54) is 44.9 Å². The van der Waals surface area contributed by atoms with Gasteiger partial charge in [0.2, 0.25) is 0 Å². The summed E-state index contributed by atoms with van der Waals surface area (Å²) < 4.78 is 5.66. The molecule has 0 amide bonds. The Morgan fingerprint density at radius 1 is 1.33 bits per heavy atom. The largest absolute Gasteiger partial charge is 0.378 e. The van der Waals surface area contributed by atoms with Gasteiger partial charge >= 0.3 is 0 Å². The van der Waals surface area contributed by atoms with Crippen LogP contribution in [0.2, 0.25) is 0 Å². The van der Waals surface area contributed by atoms with Crippen molar-refractivity contribution in [3.8, 4) is 0 Å². The van der Waals surface area contributed by atoms with Gasteiger partial charge in [0.05, 0.1) is 6.10 Å². The van der Waals surface area contributed by atoms with E-state index in [0.717, 1.165) is 19.1 Å². The molecule has 18 heavy (non-hydrogen) atoms. The van der Waals surface area contributed by atoms with E-state index < -0.39 is 0 Å². The van der Waals surface area contributed by atoms with E-state index in [4.69, 9.17) is 4.74 Å². The molecule has 0 aromatic rings. The first kappa shape index (κ1) is 14.1. The smallest absolute Gasteiger partial charge is 0.0580 e. The molecule has 1 unspecified atom stereocenters. The highest BCUT2D eigenvalue weighted by Crippen LogP contribution is 2.35. The number of nitrogens with one attached hydrogen (secondary N) is 1. The molecule has 0 heterocycles. The van der Waals surface area contributed by atoms with Crippen LogP contribution in [0.5, 0.6) is 0 Å². The monoisotopic (exact) mass is 251 g/mol. The van der Waals surface area contributed by atoms with Gasteiger partial charge in [-0.3, -0.25) is 0 Å². The Kier molecular flexibility index (Phi) is 5.71. The lowest BCUT2D eigenvalue weighted by Gasteiger charge is -2.38. The van der Waals surface area contributed by atoms with Gasteiger partial charge in [-0.1, -0.05) is 18.6 Å². The summed E-state index contributed by atoms with van der Waals surface area (Å²) in [5.41, 5.74) is 1.68. The third-order valence-electron chi connectivity index (χ3n) is 4.39. The number of hydrogen-bond acceptors (Lipinski definition) is 2. The van der Waals surface area contributed by atoms with Crippen LogP contribution in [-0.2, 0) is 4.74 Å². The third-order valence-corrected chi connectivity index (χ3v) is 4.39. The lowest BCUT2D eigenvalue weighted by molar-refractivity contribution is -0.0282. The van der Waals surface area contributed by atoms with Crippen molar-refractivity contribution in [2.75, 3.05) is 13.2 Å². The number of rotatable bonds is 7. The summed E-state index contributed by atoms with van der Waals surface area (Å²) in [4.78, 5) is 0. The van der Waals surface area contributed by atoms with Crippen LogP contribution in [0.4, 0.5) is 0 Å². The topological polar surface area (TPSA) is 21.3 Å².